The molecule has 7 heteroatoms. The fraction of sp³-hybridized carbons (Fsp3) is 0.280. The van der Waals surface area contributed by atoms with E-state index in [4.69, 9.17) is 4.52 Å². The maximum atomic E-state index is 13.6. The zero-order valence-electron chi connectivity index (χ0n) is 18.1. The van der Waals surface area contributed by atoms with Gasteiger partial charge in [-0.15, -0.1) is 11.3 Å². The highest BCUT2D eigenvalue weighted by Crippen LogP contribution is 2.33. The van der Waals surface area contributed by atoms with Crippen LogP contribution in [0, 0.1) is 13.8 Å². The van der Waals surface area contributed by atoms with E-state index < -0.39 is 0 Å². The first kappa shape index (κ1) is 20.6. The second kappa shape index (κ2) is 8.67. The smallest absolute Gasteiger partial charge is 0.274 e. The van der Waals surface area contributed by atoms with Crippen LogP contribution >= 0.6 is 11.3 Å². The summed E-state index contributed by atoms with van der Waals surface area (Å²) in [6.45, 7) is 4.79. The number of nitrogens with zero attached hydrogens (tertiary/aromatic N) is 4. The van der Waals surface area contributed by atoms with Gasteiger partial charge >= 0.3 is 0 Å². The zero-order chi connectivity index (χ0) is 22.1. The quantitative estimate of drug-likeness (QED) is 0.416. The summed E-state index contributed by atoms with van der Waals surface area (Å²) in [5.41, 5.74) is 4.88. The lowest BCUT2D eigenvalue weighted by atomic mass is 10.0. The van der Waals surface area contributed by atoms with Crippen molar-refractivity contribution < 1.29 is 9.32 Å². The highest BCUT2D eigenvalue weighted by atomic mass is 32.1. The molecule has 5 rings (SSSR count). The summed E-state index contributed by atoms with van der Waals surface area (Å²) in [5, 5.41) is 4.84. The van der Waals surface area contributed by atoms with Gasteiger partial charge in [0.1, 0.15) is 5.69 Å². The van der Waals surface area contributed by atoms with Crippen LogP contribution in [0.15, 0.2) is 59.4 Å². The van der Waals surface area contributed by atoms with Crippen LogP contribution in [0.5, 0.6) is 0 Å². The number of likely N-dealkylation sites (tertiary alicyclic amines) is 1. The molecule has 1 saturated heterocycles. The van der Waals surface area contributed by atoms with Crippen molar-refractivity contribution in [2.45, 2.75) is 39.2 Å². The van der Waals surface area contributed by atoms with E-state index in [0.717, 1.165) is 52.4 Å². The fourth-order valence-electron chi connectivity index (χ4n) is 4.41. The van der Waals surface area contributed by atoms with E-state index in [1.165, 1.54) is 12.0 Å². The first-order valence-electron chi connectivity index (χ1n) is 10.8. The molecule has 1 fully saturated rings. The van der Waals surface area contributed by atoms with E-state index >= 15 is 0 Å². The van der Waals surface area contributed by atoms with Gasteiger partial charge in [-0.1, -0.05) is 53.2 Å². The van der Waals surface area contributed by atoms with Crippen LogP contribution in [0.4, 0.5) is 0 Å². The molecule has 2 aromatic heterocycles. The molecule has 162 valence electrons. The van der Waals surface area contributed by atoms with Gasteiger partial charge in [0.25, 0.3) is 5.91 Å². The number of thiazole rings is 1. The van der Waals surface area contributed by atoms with Crippen molar-refractivity contribution in [1.82, 2.24) is 20.0 Å². The third kappa shape index (κ3) is 4.08. The summed E-state index contributed by atoms with van der Waals surface area (Å²) in [6.07, 6.45) is 4.12. The summed E-state index contributed by atoms with van der Waals surface area (Å²) in [5.74, 6) is 0.606. The van der Waals surface area contributed by atoms with Gasteiger partial charge in [-0.05, 0) is 50.3 Å². The lowest BCUT2D eigenvalue weighted by Crippen LogP contribution is -2.37. The predicted octanol–water partition coefficient (Wildman–Crippen LogP) is 5.32. The second-order valence-corrected chi connectivity index (χ2v) is 9.44. The minimum Gasteiger partial charge on any atom is -0.342 e. The lowest BCUT2D eigenvalue weighted by molar-refractivity contribution is 0.0732. The zero-order valence-corrected chi connectivity index (χ0v) is 18.9. The molecule has 0 saturated carbocycles. The first-order chi connectivity index (χ1) is 15.6. The van der Waals surface area contributed by atoms with Gasteiger partial charge in [0.05, 0.1) is 9.88 Å². The molecule has 6 nitrogen and oxygen atoms in total. The highest BCUT2D eigenvalue weighted by Gasteiger charge is 2.32. The van der Waals surface area contributed by atoms with Gasteiger partial charge in [0.15, 0.2) is 0 Å². The maximum absolute atomic E-state index is 13.6. The van der Waals surface area contributed by atoms with Crippen LogP contribution < -0.4 is 0 Å². The summed E-state index contributed by atoms with van der Waals surface area (Å²) in [6, 6.07) is 16.6. The van der Waals surface area contributed by atoms with Crippen LogP contribution in [0.1, 0.15) is 39.5 Å². The molecule has 1 atom stereocenters. The second-order valence-electron chi connectivity index (χ2n) is 8.23. The number of hydrogen-bond acceptors (Lipinski definition) is 6. The van der Waals surface area contributed by atoms with Crippen molar-refractivity contribution in [2.24, 2.45) is 0 Å². The van der Waals surface area contributed by atoms with E-state index in [1.54, 1.807) is 11.3 Å². The molecule has 0 N–H and O–H groups in total. The molecule has 32 heavy (non-hydrogen) atoms. The van der Waals surface area contributed by atoms with Crippen LogP contribution in [0.2, 0.25) is 0 Å². The Morgan fingerprint density at radius 2 is 2.00 bits per heavy atom. The summed E-state index contributed by atoms with van der Waals surface area (Å²) >= 11 is 1.59. The minimum absolute atomic E-state index is 0.0303. The third-order valence-corrected chi connectivity index (χ3v) is 6.89. The average molecular weight is 445 g/mol. The molecule has 1 amide bonds. The van der Waals surface area contributed by atoms with Crippen molar-refractivity contribution in [3.8, 4) is 21.8 Å². The Hall–Kier alpha value is -3.32. The van der Waals surface area contributed by atoms with Crippen molar-refractivity contribution in [3.63, 3.8) is 0 Å². The molecular weight excluding hydrogens is 420 g/mol. The third-order valence-electron chi connectivity index (χ3n) is 5.87. The Morgan fingerprint density at radius 1 is 1.16 bits per heavy atom. The van der Waals surface area contributed by atoms with Crippen LogP contribution in [-0.4, -0.2) is 38.5 Å². The van der Waals surface area contributed by atoms with Gasteiger partial charge in [0, 0.05) is 18.2 Å². The summed E-state index contributed by atoms with van der Waals surface area (Å²) in [7, 11) is 0. The predicted molar refractivity (Wildman–Crippen MR) is 125 cm³/mol. The SMILES string of the molecule is Cc1cccc(-c2sc(C)nc2C(=O)N2CCC[C@H]2Cc2cccc(-c3ncon3)c2)c1. The van der Waals surface area contributed by atoms with Crippen molar-refractivity contribution in [3.05, 3.63) is 76.8 Å². The van der Waals surface area contributed by atoms with Crippen LogP contribution in [0.3, 0.4) is 0 Å². The Labute approximate surface area is 190 Å². The number of aryl methyl sites for hydroxylation is 2. The van der Waals surface area contributed by atoms with E-state index in [9.17, 15) is 4.79 Å². The maximum Gasteiger partial charge on any atom is 0.274 e. The molecular formula is C25H24N4O2S. The van der Waals surface area contributed by atoms with E-state index in [0.29, 0.717) is 11.5 Å². The molecule has 1 aliphatic rings. The fourth-order valence-corrected chi connectivity index (χ4v) is 5.32. The van der Waals surface area contributed by atoms with Gasteiger partial charge < -0.3 is 9.42 Å². The van der Waals surface area contributed by atoms with Gasteiger partial charge in [-0.25, -0.2) is 4.98 Å². The highest BCUT2D eigenvalue weighted by molar-refractivity contribution is 7.15. The van der Waals surface area contributed by atoms with Crippen LogP contribution in [0.25, 0.3) is 21.8 Å². The average Bonchev–Trinajstić information content (AvgIpc) is 3.55. The van der Waals surface area contributed by atoms with Crippen molar-refractivity contribution >= 4 is 17.2 Å². The standard InChI is InChI=1S/C25H24N4O2S/c1-16-6-3-8-19(12-16)23-22(27-17(2)32-23)25(30)29-11-5-10-21(29)14-18-7-4-9-20(13-18)24-26-15-31-28-24/h3-4,6-9,12-13,15,21H,5,10-11,14H2,1-2H3/t21-/m0/s1. The number of carbonyl (C=O) groups excluding carboxylic acids is 1. The Bertz CT molecular complexity index is 1250. The molecule has 0 radical (unpaired) electrons. The molecule has 1 aliphatic heterocycles. The number of aromatic nitrogens is 3. The number of hydrogen-bond donors (Lipinski definition) is 0. The molecule has 4 aromatic rings. The number of rotatable bonds is 5. The molecule has 0 bridgehead atoms. The largest absolute Gasteiger partial charge is 0.342 e. The first-order valence-corrected chi connectivity index (χ1v) is 11.6. The van der Waals surface area contributed by atoms with Gasteiger partial charge in [0.2, 0.25) is 12.2 Å². The molecule has 0 spiro atoms. The topological polar surface area (TPSA) is 72.1 Å². The van der Waals surface area contributed by atoms with E-state index in [2.05, 4.69) is 52.4 Å². The molecule has 0 aliphatic carbocycles. The van der Waals surface area contributed by atoms with Crippen molar-refractivity contribution in [1.29, 1.82) is 0 Å². The molecule has 0 unspecified atom stereocenters. The van der Waals surface area contributed by atoms with Gasteiger partial charge in [-0.2, -0.15) is 4.98 Å². The molecule has 2 aromatic carbocycles. The van der Waals surface area contributed by atoms with Crippen LogP contribution in [-0.2, 0) is 6.42 Å². The normalized spacial score (nSPS) is 15.9. The monoisotopic (exact) mass is 444 g/mol. The Kier molecular flexibility index (Phi) is 5.57. The lowest BCUT2D eigenvalue weighted by Gasteiger charge is -2.24. The van der Waals surface area contributed by atoms with Crippen molar-refractivity contribution in [2.75, 3.05) is 6.54 Å². The minimum atomic E-state index is 0.0303. The van der Waals surface area contributed by atoms with E-state index in [1.807, 2.05) is 30.0 Å². The Morgan fingerprint density at radius 3 is 2.81 bits per heavy atom. The number of benzene rings is 2. The number of amides is 1. The van der Waals surface area contributed by atoms with E-state index in [-0.39, 0.29) is 11.9 Å². The molecule has 3 heterocycles. The Balaban J connectivity index is 1.40. The summed E-state index contributed by atoms with van der Waals surface area (Å²) in [4.78, 5) is 25.4. The van der Waals surface area contributed by atoms with Gasteiger partial charge in [-0.3, -0.25) is 4.79 Å². The summed E-state index contributed by atoms with van der Waals surface area (Å²) < 4.78 is 4.88. The number of carbonyl (C=O) groups is 1.